The molecule has 0 rings (SSSR count). The first-order valence-corrected chi connectivity index (χ1v) is 5.93. The van der Waals surface area contributed by atoms with E-state index in [0.29, 0.717) is 10.2 Å². The van der Waals surface area contributed by atoms with E-state index < -0.39 is 0 Å². The first-order valence-electron chi connectivity index (χ1n) is 5.11. The summed E-state index contributed by atoms with van der Waals surface area (Å²) in [5.41, 5.74) is 6.96. The molecule has 0 spiro atoms. The predicted octanol–water partition coefficient (Wildman–Crippen LogP) is 0.316. The molecule has 0 saturated heterocycles. The van der Waals surface area contributed by atoms with Crippen LogP contribution >= 0.6 is 24.4 Å². The summed E-state index contributed by atoms with van der Waals surface area (Å²) in [6, 6.07) is 0. The van der Waals surface area contributed by atoms with Gasteiger partial charge >= 0.3 is 0 Å². The molecule has 0 aliphatic rings. The lowest BCUT2D eigenvalue weighted by Gasteiger charge is -2.07. The van der Waals surface area contributed by atoms with Crippen molar-refractivity contribution in [2.75, 3.05) is 14.1 Å². The van der Waals surface area contributed by atoms with Gasteiger partial charge in [0.05, 0.1) is 11.4 Å². The Labute approximate surface area is 112 Å². The monoisotopic (exact) mass is 274 g/mol. The average Bonchev–Trinajstić information content (AvgIpc) is 2.35. The summed E-state index contributed by atoms with van der Waals surface area (Å²) >= 11 is 9.82. The highest BCUT2D eigenvalue weighted by molar-refractivity contribution is 7.80. The minimum atomic E-state index is 0.457. The Morgan fingerprint density at radius 3 is 1.88 bits per heavy atom. The molecule has 0 aliphatic carbocycles. The maximum absolute atomic E-state index is 4.92. The van der Waals surface area contributed by atoms with Crippen molar-refractivity contribution in [2.45, 2.75) is 20.3 Å². The summed E-state index contributed by atoms with van der Waals surface area (Å²) in [5.74, 6) is 0. The van der Waals surface area contributed by atoms with Crippen molar-refractivity contribution in [2.24, 2.45) is 10.2 Å². The largest absolute Gasteiger partial charge is 0.364 e. The molecule has 6 nitrogen and oxygen atoms in total. The van der Waals surface area contributed by atoms with Crippen molar-refractivity contribution in [1.82, 2.24) is 21.5 Å². The lowest BCUT2D eigenvalue weighted by atomic mass is 10.2. The molecular weight excluding hydrogens is 256 g/mol. The van der Waals surface area contributed by atoms with Crippen LogP contribution in [0.2, 0.25) is 0 Å². The van der Waals surface area contributed by atoms with Crippen LogP contribution in [-0.2, 0) is 0 Å². The molecule has 0 fully saturated rings. The summed E-state index contributed by atoms with van der Waals surface area (Å²) in [7, 11) is 3.45. The van der Waals surface area contributed by atoms with Gasteiger partial charge in [-0.3, -0.25) is 10.9 Å². The van der Waals surface area contributed by atoms with Crippen molar-refractivity contribution in [3.8, 4) is 0 Å². The maximum Gasteiger partial charge on any atom is 0.186 e. The summed E-state index contributed by atoms with van der Waals surface area (Å²) in [6.07, 6.45) is 0.739. The maximum atomic E-state index is 4.92. The van der Waals surface area contributed by atoms with Crippen molar-refractivity contribution in [3.05, 3.63) is 0 Å². The molecular formula is C9H18N6S2. The number of hydrazone groups is 2. The first kappa shape index (κ1) is 15.7. The average molecular weight is 274 g/mol. The van der Waals surface area contributed by atoms with Crippen LogP contribution in [0.3, 0.4) is 0 Å². The molecule has 0 heterocycles. The zero-order valence-electron chi connectivity index (χ0n) is 10.4. The summed E-state index contributed by atoms with van der Waals surface area (Å²) < 4.78 is 0. The predicted molar refractivity (Wildman–Crippen MR) is 80.4 cm³/mol. The fourth-order valence-corrected chi connectivity index (χ4v) is 0.936. The SMILES string of the molecule is CCC(=N/NC(=S)NC)/C(C)=N\NC(=S)NC. The molecule has 0 aromatic rings. The Morgan fingerprint density at radius 1 is 1.00 bits per heavy atom. The zero-order chi connectivity index (χ0) is 13.3. The van der Waals surface area contributed by atoms with Crippen molar-refractivity contribution < 1.29 is 0 Å². The van der Waals surface area contributed by atoms with Gasteiger partial charge in [0.15, 0.2) is 10.2 Å². The minimum Gasteiger partial charge on any atom is -0.364 e. The second-order valence-corrected chi connectivity index (χ2v) is 3.81. The van der Waals surface area contributed by atoms with Gasteiger partial charge in [-0.1, -0.05) is 6.92 Å². The molecule has 96 valence electrons. The van der Waals surface area contributed by atoms with Crippen molar-refractivity contribution in [1.29, 1.82) is 0 Å². The molecule has 0 radical (unpaired) electrons. The van der Waals surface area contributed by atoms with E-state index in [2.05, 4.69) is 31.7 Å². The number of thiocarbonyl (C=S) groups is 2. The highest BCUT2D eigenvalue weighted by Gasteiger charge is 2.02. The third-order valence-corrected chi connectivity index (χ3v) is 2.42. The molecule has 0 saturated carbocycles. The Bertz CT molecular complexity index is 336. The van der Waals surface area contributed by atoms with E-state index >= 15 is 0 Å². The Balaban J connectivity index is 4.53. The normalized spacial score (nSPS) is 11.8. The topological polar surface area (TPSA) is 72.8 Å². The van der Waals surface area contributed by atoms with Crippen LogP contribution in [0, 0.1) is 0 Å². The number of nitrogens with one attached hydrogen (secondary N) is 4. The highest BCUT2D eigenvalue weighted by atomic mass is 32.1. The molecule has 4 N–H and O–H groups in total. The molecule has 0 aromatic carbocycles. The third-order valence-electron chi connectivity index (χ3n) is 1.82. The zero-order valence-corrected chi connectivity index (χ0v) is 12.1. The Morgan fingerprint density at radius 2 is 1.47 bits per heavy atom. The van der Waals surface area contributed by atoms with E-state index in [0.717, 1.165) is 17.8 Å². The van der Waals surface area contributed by atoms with Gasteiger partial charge in [0.25, 0.3) is 0 Å². The quantitative estimate of drug-likeness (QED) is 0.336. The van der Waals surface area contributed by atoms with Gasteiger partial charge in [-0.15, -0.1) is 0 Å². The lowest BCUT2D eigenvalue weighted by Crippen LogP contribution is -2.32. The van der Waals surface area contributed by atoms with Crippen LogP contribution in [0.25, 0.3) is 0 Å². The molecule has 0 amide bonds. The van der Waals surface area contributed by atoms with Gasteiger partial charge in [0.1, 0.15) is 0 Å². The van der Waals surface area contributed by atoms with Crippen LogP contribution in [0.15, 0.2) is 10.2 Å². The Kier molecular flexibility index (Phi) is 8.16. The molecule has 17 heavy (non-hydrogen) atoms. The summed E-state index contributed by atoms with van der Waals surface area (Å²) in [5, 5.41) is 14.7. The van der Waals surface area contributed by atoms with Gasteiger partial charge in [-0.05, 0) is 37.8 Å². The highest BCUT2D eigenvalue weighted by Crippen LogP contribution is 1.89. The van der Waals surface area contributed by atoms with Crippen molar-refractivity contribution in [3.63, 3.8) is 0 Å². The molecule has 0 atom stereocenters. The molecule has 0 aliphatic heterocycles. The number of nitrogens with zero attached hydrogens (tertiary/aromatic N) is 2. The third kappa shape index (κ3) is 6.80. The van der Waals surface area contributed by atoms with Crippen LogP contribution < -0.4 is 21.5 Å². The standard InChI is InChI=1S/C9H18N6S2/c1-5-7(13-15-9(17)11-4)6(2)12-14-8(16)10-3/h5H2,1-4H3,(H2,10,14,16)(H2,11,15,17)/b12-6-,13-7-. The van der Waals surface area contributed by atoms with E-state index in [-0.39, 0.29) is 0 Å². The van der Waals surface area contributed by atoms with Crippen molar-refractivity contribution >= 4 is 46.1 Å². The van der Waals surface area contributed by atoms with Crippen LogP contribution in [0.4, 0.5) is 0 Å². The van der Waals surface area contributed by atoms with Gasteiger partial charge < -0.3 is 10.6 Å². The van der Waals surface area contributed by atoms with E-state index in [1.807, 2.05) is 13.8 Å². The minimum absolute atomic E-state index is 0.457. The van der Waals surface area contributed by atoms with Crippen LogP contribution in [0.5, 0.6) is 0 Å². The van der Waals surface area contributed by atoms with Gasteiger partial charge in [0, 0.05) is 14.1 Å². The smallest absolute Gasteiger partial charge is 0.186 e. The fraction of sp³-hybridized carbons (Fsp3) is 0.556. The molecule has 0 unspecified atom stereocenters. The second-order valence-electron chi connectivity index (χ2n) is 2.99. The number of hydrogen-bond acceptors (Lipinski definition) is 4. The fourth-order valence-electron chi connectivity index (χ4n) is 0.845. The van der Waals surface area contributed by atoms with Gasteiger partial charge in [-0.25, -0.2) is 0 Å². The lowest BCUT2D eigenvalue weighted by molar-refractivity contribution is 0.958. The van der Waals surface area contributed by atoms with E-state index in [9.17, 15) is 0 Å². The molecule has 0 bridgehead atoms. The van der Waals surface area contributed by atoms with E-state index in [1.165, 1.54) is 0 Å². The number of rotatable bonds is 4. The molecule has 8 heteroatoms. The Hall–Kier alpha value is -1.28. The van der Waals surface area contributed by atoms with E-state index in [1.54, 1.807) is 14.1 Å². The second kappa shape index (κ2) is 8.82. The van der Waals surface area contributed by atoms with Crippen LogP contribution in [0.1, 0.15) is 20.3 Å². The van der Waals surface area contributed by atoms with Gasteiger partial charge in [0.2, 0.25) is 0 Å². The molecule has 0 aromatic heterocycles. The van der Waals surface area contributed by atoms with E-state index in [4.69, 9.17) is 24.4 Å². The summed E-state index contributed by atoms with van der Waals surface area (Å²) in [6.45, 7) is 3.83. The van der Waals surface area contributed by atoms with Crippen LogP contribution in [-0.4, -0.2) is 35.7 Å². The number of hydrogen-bond donors (Lipinski definition) is 4. The van der Waals surface area contributed by atoms with Gasteiger partial charge in [-0.2, -0.15) is 10.2 Å². The first-order chi connectivity index (χ1) is 8.04. The summed E-state index contributed by atoms with van der Waals surface area (Å²) in [4.78, 5) is 0.